The lowest BCUT2D eigenvalue weighted by molar-refractivity contribution is 0.112. The molecule has 0 bridgehead atoms. The van der Waals surface area contributed by atoms with Crippen LogP contribution in [0.3, 0.4) is 0 Å². The molecule has 1 atom stereocenters. The number of fused-ring (bicyclic) bond motifs is 1. The van der Waals surface area contributed by atoms with Gasteiger partial charge in [0, 0.05) is 17.1 Å². The number of aliphatic hydroxyl groups excluding tert-OH is 1. The van der Waals surface area contributed by atoms with E-state index in [9.17, 15) is 5.11 Å². The second-order valence-corrected chi connectivity index (χ2v) is 8.76. The Kier molecular flexibility index (Phi) is 9.36. The highest BCUT2D eigenvalue weighted by molar-refractivity contribution is 6.30. The molecular weight excluding hydrogens is 436 g/mol. The number of methoxy groups -OCH3 is 2. The molecule has 0 aliphatic heterocycles. The van der Waals surface area contributed by atoms with Gasteiger partial charge in [-0.2, -0.15) is 0 Å². The van der Waals surface area contributed by atoms with Gasteiger partial charge in [-0.15, -0.1) is 0 Å². The fraction of sp³-hybridized carbons (Fsp3) is 0.444. The highest BCUT2D eigenvalue weighted by Crippen LogP contribution is 2.39. The molecule has 0 spiro atoms. The van der Waals surface area contributed by atoms with Crippen LogP contribution >= 0.6 is 11.6 Å². The molecule has 1 N–H and O–H groups in total. The lowest BCUT2D eigenvalue weighted by atomic mass is 9.98. The quantitative estimate of drug-likeness (QED) is 0.327. The molecule has 0 aliphatic carbocycles. The summed E-state index contributed by atoms with van der Waals surface area (Å²) in [5, 5.41) is 13.0. The van der Waals surface area contributed by atoms with Gasteiger partial charge in [-0.25, -0.2) is 4.98 Å². The van der Waals surface area contributed by atoms with E-state index in [0.29, 0.717) is 28.6 Å². The van der Waals surface area contributed by atoms with Crippen molar-refractivity contribution in [1.82, 2.24) is 9.88 Å². The Morgan fingerprint density at radius 3 is 2.12 bits per heavy atom. The molecule has 178 valence electrons. The topological polar surface area (TPSA) is 54.8 Å². The van der Waals surface area contributed by atoms with Gasteiger partial charge in [-0.05, 0) is 61.8 Å². The van der Waals surface area contributed by atoms with Crippen LogP contribution in [0.1, 0.15) is 51.2 Å². The van der Waals surface area contributed by atoms with Gasteiger partial charge in [0.25, 0.3) is 0 Å². The van der Waals surface area contributed by atoms with Crippen LogP contribution in [0.4, 0.5) is 0 Å². The van der Waals surface area contributed by atoms with Gasteiger partial charge in [0.2, 0.25) is 0 Å². The van der Waals surface area contributed by atoms with Crippen molar-refractivity contribution in [2.45, 2.75) is 45.6 Å². The molecule has 0 saturated carbocycles. The second-order valence-electron chi connectivity index (χ2n) is 8.32. The zero-order chi connectivity index (χ0) is 23.8. The molecule has 0 radical (unpaired) electrons. The Hall–Kier alpha value is -2.34. The predicted octanol–water partition coefficient (Wildman–Crippen LogP) is 6.51. The van der Waals surface area contributed by atoms with Gasteiger partial charge in [0.05, 0.1) is 31.4 Å². The molecular formula is C27H35ClN2O3. The molecule has 2 aromatic carbocycles. The second kappa shape index (κ2) is 12.2. The van der Waals surface area contributed by atoms with Crippen LogP contribution in [0, 0.1) is 0 Å². The van der Waals surface area contributed by atoms with E-state index in [1.165, 1.54) is 0 Å². The van der Waals surface area contributed by atoms with Crippen LogP contribution in [-0.2, 0) is 0 Å². The van der Waals surface area contributed by atoms with E-state index in [1.54, 1.807) is 14.2 Å². The largest absolute Gasteiger partial charge is 0.496 e. The summed E-state index contributed by atoms with van der Waals surface area (Å²) in [6.45, 7) is 6.89. The van der Waals surface area contributed by atoms with Crippen LogP contribution in [0.5, 0.6) is 11.5 Å². The molecule has 0 aliphatic rings. The molecule has 3 rings (SSSR count). The number of halogens is 1. The highest BCUT2D eigenvalue weighted by Gasteiger charge is 2.22. The van der Waals surface area contributed by atoms with Crippen LogP contribution in [0.2, 0.25) is 5.02 Å². The molecule has 1 aromatic heterocycles. The first kappa shape index (κ1) is 25.3. The number of rotatable bonds is 12. The van der Waals surface area contributed by atoms with Gasteiger partial charge in [-0.3, -0.25) is 0 Å². The Morgan fingerprint density at radius 2 is 1.55 bits per heavy atom. The Bertz CT molecular complexity index is 1030. The molecule has 0 amide bonds. The number of nitrogens with zero attached hydrogens (tertiary/aromatic N) is 2. The van der Waals surface area contributed by atoms with Crippen molar-refractivity contribution in [2.75, 3.05) is 33.9 Å². The zero-order valence-electron chi connectivity index (χ0n) is 20.1. The molecule has 1 heterocycles. The third-order valence-corrected chi connectivity index (χ3v) is 6.19. The minimum absolute atomic E-state index is 0.555. The molecule has 6 heteroatoms. The van der Waals surface area contributed by atoms with Crippen molar-refractivity contribution < 1.29 is 14.6 Å². The maximum absolute atomic E-state index is 11.5. The average Bonchev–Trinajstić information content (AvgIpc) is 2.84. The predicted molar refractivity (Wildman–Crippen MR) is 137 cm³/mol. The summed E-state index contributed by atoms with van der Waals surface area (Å²) in [6.07, 6.45) is 3.78. The monoisotopic (exact) mass is 470 g/mol. The highest BCUT2D eigenvalue weighted by atomic mass is 35.5. The Morgan fingerprint density at radius 1 is 0.939 bits per heavy atom. The van der Waals surface area contributed by atoms with Gasteiger partial charge >= 0.3 is 0 Å². The summed E-state index contributed by atoms with van der Waals surface area (Å²) < 4.78 is 11.3. The van der Waals surface area contributed by atoms with Gasteiger partial charge in [-0.1, -0.05) is 50.4 Å². The fourth-order valence-electron chi connectivity index (χ4n) is 4.08. The van der Waals surface area contributed by atoms with Crippen LogP contribution in [-0.4, -0.2) is 48.8 Å². The van der Waals surface area contributed by atoms with E-state index >= 15 is 0 Å². The minimum atomic E-state index is -0.698. The molecule has 5 nitrogen and oxygen atoms in total. The molecule has 0 saturated heterocycles. The Labute approximate surface area is 202 Å². The number of unbranched alkanes of at least 4 members (excludes halogenated alkanes) is 2. The number of hydrogen-bond donors (Lipinski definition) is 1. The lowest BCUT2D eigenvalue weighted by Gasteiger charge is -2.26. The minimum Gasteiger partial charge on any atom is -0.496 e. The molecule has 0 fully saturated rings. The maximum Gasteiger partial charge on any atom is 0.145 e. The van der Waals surface area contributed by atoms with Crippen molar-refractivity contribution in [3.63, 3.8) is 0 Å². The smallest absolute Gasteiger partial charge is 0.145 e. The van der Waals surface area contributed by atoms with Crippen molar-refractivity contribution in [1.29, 1.82) is 0 Å². The van der Waals surface area contributed by atoms with E-state index in [-0.39, 0.29) is 0 Å². The summed E-state index contributed by atoms with van der Waals surface area (Å²) in [5.74, 6) is 1.31. The number of aliphatic hydroxyl groups is 1. The summed E-state index contributed by atoms with van der Waals surface area (Å²) >= 11 is 6.10. The standard InChI is InChI=1S/C27H35ClN2O3/c1-5-7-15-30(16-8-6-2)18-23(31)21-17-22(19-9-11-20(28)12-10-19)29-27-25(33-4)14-13-24(32-3)26(21)27/h9-14,17,23,31H,5-8,15-16,18H2,1-4H3/t23-/m0/s1. The molecule has 33 heavy (non-hydrogen) atoms. The number of aromatic nitrogens is 1. The third kappa shape index (κ3) is 6.17. The van der Waals surface area contributed by atoms with Gasteiger partial charge in [0.15, 0.2) is 0 Å². The third-order valence-electron chi connectivity index (χ3n) is 5.94. The van der Waals surface area contributed by atoms with Gasteiger partial charge < -0.3 is 19.5 Å². The van der Waals surface area contributed by atoms with Crippen molar-refractivity contribution in [3.8, 4) is 22.8 Å². The SMILES string of the molecule is CCCCN(CCCC)C[C@H](O)c1cc(-c2ccc(Cl)cc2)nc2c(OC)ccc(OC)c12. The number of benzene rings is 2. The summed E-state index contributed by atoms with van der Waals surface area (Å²) in [5.41, 5.74) is 3.15. The normalized spacial score (nSPS) is 12.3. The average molecular weight is 471 g/mol. The lowest BCUT2D eigenvalue weighted by Crippen LogP contribution is -2.31. The van der Waals surface area contributed by atoms with E-state index in [4.69, 9.17) is 26.1 Å². The van der Waals surface area contributed by atoms with Crippen molar-refractivity contribution in [2.24, 2.45) is 0 Å². The van der Waals surface area contributed by atoms with E-state index in [2.05, 4.69) is 18.7 Å². The van der Waals surface area contributed by atoms with Gasteiger partial charge in [0.1, 0.15) is 17.0 Å². The van der Waals surface area contributed by atoms with E-state index in [1.807, 2.05) is 42.5 Å². The maximum atomic E-state index is 11.5. The first-order valence-electron chi connectivity index (χ1n) is 11.7. The first-order chi connectivity index (χ1) is 16.0. The number of hydrogen-bond acceptors (Lipinski definition) is 5. The zero-order valence-corrected chi connectivity index (χ0v) is 20.9. The van der Waals surface area contributed by atoms with Crippen molar-refractivity contribution >= 4 is 22.5 Å². The van der Waals surface area contributed by atoms with E-state index < -0.39 is 6.10 Å². The fourth-order valence-corrected chi connectivity index (χ4v) is 4.21. The van der Waals surface area contributed by atoms with Crippen LogP contribution in [0.25, 0.3) is 22.2 Å². The van der Waals surface area contributed by atoms with E-state index in [0.717, 1.165) is 61.0 Å². The molecule has 0 unspecified atom stereocenters. The summed E-state index contributed by atoms with van der Waals surface area (Å²) in [4.78, 5) is 7.26. The van der Waals surface area contributed by atoms with Crippen LogP contribution < -0.4 is 9.47 Å². The first-order valence-corrected chi connectivity index (χ1v) is 12.1. The summed E-state index contributed by atoms with van der Waals surface area (Å²) in [6, 6.07) is 13.3. The molecule has 3 aromatic rings. The number of pyridine rings is 1. The van der Waals surface area contributed by atoms with Crippen LogP contribution in [0.15, 0.2) is 42.5 Å². The Balaban J connectivity index is 2.13. The summed E-state index contributed by atoms with van der Waals surface area (Å²) in [7, 11) is 3.27. The number of ether oxygens (including phenoxy) is 2. The van der Waals surface area contributed by atoms with Crippen molar-refractivity contribution in [3.05, 3.63) is 53.1 Å².